The molecule has 0 saturated carbocycles. The van der Waals surface area contributed by atoms with Gasteiger partial charge in [-0.15, -0.1) is 0 Å². The summed E-state index contributed by atoms with van der Waals surface area (Å²) in [5.41, 5.74) is 7.84. The van der Waals surface area contributed by atoms with Gasteiger partial charge in [-0.1, -0.05) is 42.0 Å². The zero-order valence-electron chi connectivity index (χ0n) is 11.3. The molecule has 2 aromatic carbocycles. The molecule has 0 saturated heterocycles. The number of nitrogens with two attached hydrogens (primary N) is 1. The van der Waals surface area contributed by atoms with Crippen LogP contribution in [0.5, 0.6) is 0 Å². The molecule has 3 heteroatoms. The van der Waals surface area contributed by atoms with E-state index in [9.17, 15) is 4.79 Å². The molecular weight excluding hydrogens is 236 g/mol. The quantitative estimate of drug-likeness (QED) is 0.861. The number of fused-ring (bicyclic) bond motifs is 1. The first-order chi connectivity index (χ1) is 9.19. The first kappa shape index (κ1) is 13.6. The van der Waals surface area contributed by atoms with Crippen molar-refractivity contribution in [2.45, 2.75) is 19.8 Å². The lowest BCUT2D eigenvalue weighted by atomic mass is 10.0. The third-order valence-corrected chi connectivity index (χ3v) is 3.17. The van der Waals surface area contributed by atoms with E-state index >= 15 is 0 Å². The molecule has 0 aliphatic heterocycles. The van der Waals surface area contributed by atoms with Crippen LogP contribution in [-0.4, -0.2) is 19.0 Å². The fraction of sp³-hybridized carbons (Fsp3) is 0.312. The Morgan fingerprint density at radius 3 is 2.68 bits per heavy atom. The minimum absolute atomic E-state index is 0.0268. The van der Waals surface area contributed by atoms with Crippen LogP contribution in [0.1, 0.15) is 17.5 Å². The van der Waals surface area contributed by atoms with Gasteiger partial charge < -0.3 is 11.1 Å². The summed E-state index contributed by atoms with van der Waals surface area (Å²) in [4.78, 5) is 11.3. The molecule has 0 aliphatic rings. The minimum atomic E-state index is 0.0268. The number of amides is 1. The van der Waals surface area contributed by atoms with Crippen molar-refractivity contribution in [3.63, 3.8) is 0 Å². The average Bonchev–Trinajstić information content (AvgIpc) is 2.39. The van der Waals surface area contributed by atoms with Crippen LogP contribution in [0, 0.1) is 6.92 Å². The van der Waals surface area contributed by atoms with E-state index in [4.69, 9.17) is 5.73 Å². The molecular formula is C16H20N2O. The lowest BCUT2D eigenvalue weighted by Crippen LogP contribution is -2.27. The maximum Gasteiger partial charge on any atom is 0.221 e. The summed E-state index contributed by atoms with van der Waals surface area (Å²) < 4.78 is 0. The Hall–Kier alpha value is -1.87. The van der Waals surface area contributed by atoms with Crippen LogP contribution < -0.4 is 11.1 Å². The smallest absolute Gasteiger partial charge is 0.221 e. The van der Waals surface area contributed by atoms with E-state index < -0.39 is 0 Å². The van der Waals surface area contributed by atoms with Gasteiger partial charge in [-0.25, -0.2) is 0 Å². The first-order valence-electron chi connectivity index (χ1n) is 6.65. The molecule has 2 rings (SSSR count). The van der Waals surface area contributed by atoms with Crippen molar-refractivity contribution in [1.29, 1.82) is 0 Å². The average molecular weight is 256 g/mol. The van der Waals surface area contributed by atoms with Gasteiger partial charge >= 0.3 is 0 Å². The van der Waals surface area contributed by atoms with E-state index in [2.05, 4.69) is 48.6 Å². The Balaban J connectivity index is 1.98. The minimum Gasteiger partial charge on any atom is -0.356 e. The highest BCUT2D eigenvalue weighted by Crippen LogP contribution is 2.17. The van der Waals surface area contributed by atoms with Crippen molar-refractivity contribution < 1.29 is 4.79 Å². The summed E-state index contributed by atoms with van der Waals surface area (Å²) in [5, 5.41) is 5.38. The Kier molecular flexibility index (Phi) is 4.53. The van der Waals surface area contributed by atoms with Crippen molar-refractivity contribution in [3.05, 3.63) is 47.5 Å². The predicted molar refractivity (Wildman–Crippen MR) is 79.1 cm³/mol. The number of nitrogens with one attached hydrogen (secondary N) is 1. The van der Waals surface area contributed by atoms with Crippen LogP contribution in [0.2, 0.25) is 0 Å². The van der Waals surface area contributed by atoms with E-state index in [0.29, 0.717) is 19.5 Å². The lowest BCUT2D eigenvalue weighted by molar-refractivity contribution is -0.120. The van der Waals surface area contributed by atoms with E-state index in [1.165, 1.54) is 21.9 Å². The molecule has 0 bridgehead atoms. The number of benzene rings is 2. The molecule has 100 valence electrons. The molecule has 3 N–H and O–H groups in total. The van der Waals surface area contributed by atoms with Crippen molar-refractivity contribution in [3.8, 4) is 0 Å². The number of aryl methyl sites for hydroxylation is 1. The highest BCUT2D eigenvalue weighted by Gasteiger charge is 2.00. The molecule has 1 amide bonds. The van der Waals surface area contributed by atoms with Gasteiger partial charge in [0.05, 0.1) is 0 Å². The second kappa shape index (κ2) is 6.34. The van der Waals surface area contributed by atoms with Gasteiger partial charge in [-0.2, -0.15) is 0 Å². The van der Waals surface area contributed by atoms with Crippen molar-refractivity contribution in [2.75, 3.05) is 13.1 Å². The highest BCUT2D eigenvalue weighted by atomic mass is 16.1. The van der Waals surface area contributed by atoms with Crippen LogP contribution in [0.3, 0.4) is 0 Å². The van der Waals surface area contributed by atoms with Crippen LogP contribution >= 0.6 is 0 Å². The molecule has 0 radical (unpaired) electrons. The van der Waals surface area contributed by atoms with Crippen LogP contribution in [-0.2, 0) is 11.2 Å². The summed E-state index contributed by atoms with van der Waals surface area (Å²) in [7, 11) is 0. The van der Waals surface area contributed by atoms with Gasteiger partial charge in [0.25, 0.3) is 0 Å². The monoisotopic (exact) mass is 256 g/mol. The van der Waals surface area contributed by atoms with Crippen LogP contribution in [0.4, 0.5) is 0 Å². The second-order valence-electron chi connectivity index (χ2n) is 4.82. The Labute approximate surface area is 113 Å². The number of hydrogen-bond acceptors (Lipinski definition) is 2. The summed E-state index contributed by atoms with van der Waals surface area (Å²) in [5.74, 6) is 0.0268. The summed E-state index contributed by atoms with van der Waals surface area (Å²) >= 11 is 0. The van der Waals surface area contributed by atoms with Crippen molar-refractivity contribution in [1.82, 2.24) is 5.32 Å². The molecule has 0 aromatic heterocycles. The maximum atomic E-state index is 11.3. The fourth-order valence-corrected chi connectivity index (χ4v) is 2.14. The topological polar surface area (TPSA) is 55.1 Å². The molecule has 0 unspecified atom stereocenters. The highest BCUT2D eigenvalue weighted by molar-refractivity contribution is 5.83. The fourth-order valence-electron chi connectivity index (χ4n) is 2.14. The van der Waals surface area contributed by atoms with Crippen LogP contribution in [0.15, 0.2) is 36.4 Å². The normalized spacial score (nSPS) is 10.6. The zero-order chi connectivity index (χ0) is 13.7. The summed E-state index contributed by atoms with van der Waals surface area (Å²) in [6.45, 7) is 3.16. The van der Waals surface area contributed by atoms with Gasteiger partial charge in [0.2, 0.25) is 5.91 Å². The zero-order valence-corrected chi connectivity index (χ0v) is 11.3. The van der Waals surface area contributed by atoms with Gasteiger partial charge in [0.1, 0.15) is 0 Å². The van der Waals surface area contributed by atoms with Gasteiger partial charge in [-0.3, -0.25) is 4.79 Å². The lowest BCUT2D eigenvalue weighted by Gasteiger charge is -2.06. The number of hydrogen-bond donors (Lipinski definition) is 2. The number of rotatable bonds is 5. The maximum absolute atomic E-state index is 11.3. The molecule has 19 heavy (non-hydrogen) atoms. The Morgan fingerprint density at radius 1 is 1.16 bits per heavy atom. The third-order valence-electron chi connectivity index (χ3n) is 3.17. The van der Waals surface area contributed by atoms with E-state index in [1.54, 1.807) is 0 Å². The molecule has 0 fully saturated rings. The standard InChI is InChI=1S/C16H20N2O/c1-12-2-4-15-11-13(3-5-14(15)10-12)7-9-18-16(19)6-8-17/h2-5,10-11H,6-9,17H2,1H3,(H,18,19). The van der Waals surface area contributed by atoms with Gasteiger partial charge in [0, 0.05) is 19.5 Å². The summed E-state index contributed by atoms with van der Waals surface area (Å²) in [6.07, 6.45) is 1.25. The Morgan fingerprint density at radius 2 is 1.89 bits per heavy atom. The predicted octanol–water partition coefficient (Wildman–Crippen LogP) is 2.16. The molecule has 0 spiro atoms. The van der Waals surface area contributed by atoms with Crippen molar-refractivity contribution >= 4 is 16.7 Å². The second-order valence-corrected chi connectivity index (χ2v) is 4.82. The largest absolute Gasteiger partial charge is 0.356 e. The van der Waals surface area contributed by atoms with E-state index in [-0.39, 0.29) is 5.91 Å². The molecule has 0 heterocycles. The first-order valence-corrected chi connectivity index (χ1v) is 6.65. The number of carbonyl (C=O) groups is 1. The van der Waals surface area contributed by atoms with E-state index in [0.717, 1.165) is 6.42 Å². The van der Waals surface area contributed by atoms with Crippen molar-refractivity contribution in [2.24, 2.45) is 5.73 Å². The SMILES string of the molecule is Cc1ccc2cc(CCNC(=O)CCN)ccc2c1. The molecule has 0 atom stereocenters. The molecule has 0 aliphatic carbocycles. The van der Waals surface area contributed by atoms with Gasteiger partial charge in [-0.05, 0) is 29.7 Å². The van der Waals surface area contributed by atoms with E-state index in [1.807, 2.05) is 0 Å². The Bertz CT molecular complexity index is 578. The third kappa shape index (κ3) is 3.80. The summed E-state index contributed by atoms with van der Waals surface area (Å²) in [6, 6.07) is 12.9. The molecule has 2 aromatic rings. The number of carbonyl (C=O) groups excluding carboxylic acids is 1. The van der Waals surface area contributed by atoms with Crippen LogP contribution in [0.25, 0.3) is 10.8 Å². The molecule has 3 nitrogen and oxygen atoms in total. The van der Waals surface area contributed by atoms with Gasteiger partial charge in [0.15, 0.2) is 0 Å².